The Morgan fingerprint density at radius 1 is 1.17 bits per heavy atom. The Kier molecular flexibility index (Phi) is 7.15. The van der Waals surface area contributed by atoms with Crippen molar-refractivity contribution in [2.45, 2.75) is 33.1 Å². The van der Waals surface area contributed by atoms with Gasteiger partial charge in [-0.15, -0.1) is 0 Å². The lowest BCUT2D eigenvalue weighted by molar-refractivity contribution is 0.156. The van der Waals surface area contributed by atoms with E-state index >= 15 is 0 Å². The molecule has 0 aromatic carbocycles. The summed E-state index contributed by atoms with van der Waals surface area (Å²) in [4.78, 5) is 4.92. The molecule has 0 aromatic heterocycles. The molecule has 18 heavy (non-hydrogen) atoms. The van der Waals surface area contributed by atoms with Crippen molar-refractivity contribution in [3.63, 3.8) is 0 Å². The van der Waals surface area contributed by atoms with Crippen LogP contribution < -0.4 is 5.73 Å². The summed E-state index contributed by atoms with van der Waals surface area (Å²) in [5.74, 6) is 0. The van der Waals surface area contributed by atoms with Crippen molar-refractivity contribution in [3.05, 3.63) is 0 Å². The van der Waals surface area contributed by atoms with Gasteiger partial charge in [0.1, 0.15) is 0 Å². The third-order valence-corrected chi connectivity index (χ3v) is 4.05. The lowest BCUT2D eigenvalue weighted by atomic mass is 9.85. The van der Waals surface area contributed by atoms with Gasteiger partial charge in [-0.25, -0.2) is 0 Å². The van der Waals surface area contributed by atoms with E-state index in [1.54, 1.807) is 0 Å². The molecule has 108 valence electrons. The van der Waals surface area contributed by atoms with Crippen LogP contribution in [0, 0.1) is 5.41 Å². The Balaban J connectivity index is 2.42. The molecule has 3 N–H and O–H groups in total. The van der Waals surface area contributed by atoms with Crippen LogP contribution in [0.3, 0.4) is 0 Å². The van der Waals surface area contributed by atoms with Gasteiger partial charge >= 0.3 is 0 Å². The summed E-state index contributed by atoms with van der Waals surface area (Å²) in [6.07, 6.45) is 3.62. The molecule has 0 aromatic rings. The highest BCUT2D eigenvalue weighted by Gasteiger charge is 2.25. The Morgan fingerprint density at radius 2 is 1.83 bits per heavy atom. The SMILES string of the molecule is CCCC(C)(CN)CN1CCCN(CCO)CC1. The minimum atomic E-state index is 0.265. The highest BCUT2D eigenvalue weighted by Crippen LogP contribution is 2.23. The fraction of sp³-hybridized carbons (Fsp3) is 1.00. The molecule has 1 aliphatic heterocycles. The standard InChI is InChI=1S/C14H31N3O/c1-3-5-14(2,12-15)13-17-7-4-6-16(8-9-17)10-11-18/h18H,3-13,15H2,1-2H3. The van der Waals surface area contributed by atoms with Crippen molar-refractivity contribution in [2.24, 2.45) is 11.1 Å². The van der Waals surface area contributed by atoms with Crippen LogP contribution in [0.4, 0.5) is 0 Å². The van der Waals surface area contributed by atoms with Gasteiger partial charge in [-0.3, -0.25) is 4.90 Å². The maximum absolute atomic E-state index is 9.00. The fourth-order valence-electron chi connectivity index (χ4n) is 2.94. The summed E-state index contributed by atoms with van der Waals surface area (Å²) in [5, 5.41) is 9.00. The highest BCUT2D eigenvalue weighted by molar-refractivity contribution is 4.81. The molecule has 0 saturated carbocycles. The van der Waals surface area contributed by atoms with Crippen LogP contribution >= 0.6 is 0 Å². The van der Waals surface area contributed by atoms with E-state index in [9.17, 15) is 0 Å². The topological polar surface area (TPSA) is 52.7 Å². The van der Waals surface area contributed by atoms with Crippen LogP contribution in [0.15, 0.2) is 0 Å². The second kappa shape index (κ2) is 8.10. The summed E-state index contributed by atoms with van der Waals surface area (Å²) < 4.78 is 0. The number of rotatable bonds is 7. The van der Waals surface area contributed by atoms with E-state index in [-0.39, 0.29) is 12.0 Å². The van der Waals surface area contributed by atoms with Crippen LogP contribution in [0.25, 0.3) is 0 Å². The molecule has 1 fully saturated rings. The first-order chi connectivity index (χ1) is 8.63. The summed E-state index contributed by atoms with van der Waals surface area (Å²) >= 11 is 0. The van der Waals surface area contributed by atoms with E-state index in [1.165, 1.54) is 25.8 Å². The van der Waals surface area contributed by atoms with Crippen LogP contribution in [-0.2, 0) is 0 Å². The Bertz CT molecular complexity index is 225. The molecule has 4 nitrogen and oxygen atoms in total. The van der Waals surface area contributed by atoms with Gasteiger partial charge in [-0.2, -0.15) is 0 Å². The molecule has 0 aliphatic carbocycles. The zero-order valence-corrected chi connectivity index (χ0v) is 12.2. The molecule has 4 heteroatoms. The zero-order valence-electron chi connectivity index (χ0n) is 12.2. The van der Waals surface area contributed by atoms with Gasteiger partial charge in [0.05, 0.1) is 6.61 Å². The zero-order chi connectivity index (χ0) is 13.4. The predicted molar refractivity (Wildman–Crippen MR) is 76.7 cm³/mol. The molecule has 1 aliphatic rings. The number of aliphatic hydroxyl groups is 1. The normalized spacial score (nSPS) is 22.7. The van der Waals surface area contributed by atoms with Crippen molar-refractivity contribution in [2.75, 3.05) is 52.4 Å². The van der Waals surface area contributed by atoms with Crippen LogP contribution in [0.2, 0.25) is 0 Å². The van der Waals surface area contributed by atoms with E-state index in [4.69, 9.17) is 10.8 Å². The van der Waals surface area contributed by atoms with E-state index in [0.717, 1.165) is 39.3 Å². The minimum absolute atomic E-state index is 0.265. The van der Waals surface area contributed by atoms with E-state index in [2.05, 4.69) is 23.6 Å². The Labute approximate surface area is 112 Å². The average Bonchev–Trinajstić information content (AvgIpc) is 2.56. The van der Waals surface area contributed by atoms with Gasteiger partial charge in [0, 0.05) is 26.2 Å². The number of β-amino-alcohol motifs (C(OH)–C–C–N with tert-alkyl or cyclic N) is 1. The predicted octanol–water partition coefficient (Wildman–Crippen LogP) is 0.752. The van der Waals surface area contributed by atoms with Gasteiger partial charge in [0.2, 0.25) is 0 Å². The summed E-state index contributed by atoms with van der Waals surface area (Å²) in [5.41, 5.74) is 6.22. The smallest absolute Gasteiger partial charge is 0.0558 e. The quantitative estimate of drug-likeness (QED) is 0.707. The maximum atomic E-state index is 9.00. The summed E-state index contributed by atoms with van der Waals surface area (Å²) in [7, 11) is 0. The first kappa shape index (κ1) is 15.9. The van der Waals surface area contributed by atoms with Crippen LogP contribution in [0.5, 0.6) is 0 Å². The fourth-order valence-corrected chi connectivity index (χ4v) is 2.94. The minimum Gasteiger partial charge on any atom is -0.395 e. The lowest BCUT2D eigenvalue weighted by Gasteiger charge is -2.34. The van der Waals surface area contributed by atoms with Crippen molar-refractivity contribution >= 4 is 0 Å². The van der Waals surface area contributed by atoms with E-state index < -0.39 is 0 Å². The molecule has 0 radical (unpaired) electrons. The van der Waals surface area contributed by atoms with Crippen LogP contribution in [0.1, 0.15) is 33.1 Å². The molecule has 1 unspecified atom stereocenters. The van der Waals surface area contributed by atoms with E-state index in [0.29, 0.717) is 0 Å². The first-order valence-corrected chi connectivity index (χ1v) is 7.39. The van der Waals surface area contributed by atoms with Crippen molar-refractivity contribution < 1.29 is 5.11 Å². The maximum Gasteiger partial charge on any atom is 0.0558 e. The average molecular weight is 257 g/mol. The second-order valence-electron chi connectivity index (χ2n) is 5.96. The van der Waals surface area contributed by atoms with Gasteiger partial charge < -0.3 is 15.7 Å². The van der Waals surface area contributed by atoms with Gasteiger partial charge in [-0.1, -0.05) is 20.3 Å². The van der Waals surface area contributed by atoms with Gasteiger partial charge in [0.25, 0.3) is 0 Å². The molecular weight excluding hydrogens is 226 g/mol. The molecule has 0 amide bonds. The Hall–Kier alpha value is -0.160. The summed E-state index contributed by atoms with van der Waals surface area (Å²) in [6, 6.07) is 0. The second-order valence-corrected chi connectivity index (χ2v) is 5.96. The first-order valence-electron chi connectivity index (χ1n) is 7.39. The van der Waals surface area contributed by atoms with Crippen molar-refractivity contribution in [1.82, 2.24) is 9.80 Å². The van der Waals surface area contributed by atoms with E-state index in [1.807, 2.05) is 0 Å². The van der Waals surface area contributed by atoms with Crippen LogP contribution in [-0.4, -0.2) is 67.3 Å². The monoisotopic (exact) mass is 257 g/mol. The highest BCUT2D eigenvalue weighted by atomic mass is 16.3. The van der Waals surface area contributed by atoms with Gasteiger partial charge in [-0.05, 0) is 37.9 Å². The lowest BCUT2D eigenvalue weighted by Crippen LogP contribution is -2.42. The molecule has 1 heterocycles. The molecule has 0 bridgehead atoms. The number of hydrogen-bond acceptors (Lipinski definition) is 4. The number of aliphatic hydroxyl groups excluding tert-OH is 1. The van der Waals surface area contributed by atoms with Gasteiger partial charge in [0.15, 0.2) is 0 Å². The molecule has 1 rings (SSSR count). The van der Waals surface area contributed by atoms with Crippen molar-refractivity contribution in [1.29, 1.82) is 0 Å². The number of hydrogen-bond donors (Lipinski definition) is 2. The van der Waals surface area contributed by atoms with Crippen molar-refractivity contribution in [3.8, 4) is 0 Å². The molecule has 1 atom stereocenters. The Morgan fingerprint density at radius 3 is 2.44 bits per heavy atom. The largest absolute Gasteiger partial charge is 0.395 e. The number of nitrogens with two attached hydrogens (primary N) is 1. The third kappa shape index (κ3) is 5.22. The molecule has 1 saturated heterocycles. The molecule has 0 spiro atoms. The summed E-state index contributed by atoms with van der Waals surface area (Å²) in [6.45, 7) is 12.0. The number of nitrogens with zero attached hydrogens (tertiary/aromatic N) is 2. The third-order valence-electron chi connectivity index (χ3n) is 4.05. The molecular formula is C14H31N3O.